The fraction of sp³-hybridized carbons (Fsp3) is 0.438. The third kappa shape index (κ3) is 3.24. The molecule has 102 valence electrons. The van der Waals surface area contributed by atoms with Crippen LogP contribution in [-0.2, 0) is 6.54 Å². The lowest BCUT2D eigenvalue weighted by atomic mass is 10.1. The summed E-state index contributed by atoms with van der Waals surface area (Å²) in [6.45, 7) is 10.4. The largest absolute Gasteiger partial charge is 0.310 e. The van der Waals surface area contributed by atoms with E-state index in [1.165, 1.54) is 22.4 Å². The summed E-state index contributed by atoms with van der Waals surface area (Å²) in [5.74, 6) is 0. The molecule has 1 aromatic heterocycles. The van der Waals surface area contributed by atoms with Gasteiger partial charge in [-0.25, -0.2) is 0 Å². The lowest BCUT2D eigenvalue weighted by Crippen LogP contribution is -2.18. The summed E-state index contributed by atoms with van der Waals surface area (Å²) in [6, 6.07) is 9.00. The maximum absolute atomic E-state index is 4.51. The number of aryl methyl sites for hydroxylation is 1. The standard InChI is InChI=1S/C16H23N3/c1-5-17-13(3)16-10-18-19(14(16)4)11-15-8-6-12(2)7-9-15/h6-10,13,17H,5,11H2,1-4H3. The van der Waals surface area contributed by atoms with Crippen LogP contribution < -0.4 is 5.32 Å². The molecular formula is C16H23N3. The second-order valence-corrected chi connectivity index (χ2v) is 5.11. The first-order valence-corrected chi connectivity index (χ1v) is 6.93. The van der Waals surface area contributed by atoms with Crippen LogP contribution in [0, 0.1) is 13.8 Å². The van der Waals surface area contributed by atoms with Gasteiger partial charge < -0.3 is 5.32 Å². The average molecular weight is 257 g/mol. The van der Waals surface area contributed by atoms with Crippen molar-refractivity contribution in [1.29, 1.82) is 0 Å². The summed E-state index contributed by atoms with van der Waals surface area (Å²) in [4.78, 5) is 0. The molecule has 1 unspecified atom stereocenters. The predicted molar refractivity (Wildman–Crippen MR) is 79.3 cm³/mol. The van der Waals surface area contributed by atoms with Crippen molar-refractivity contribution >= 4 is 0 Å². The van der Waals surface area contributed by atoms with Gasteiger partial charge in [0.25, 0.3) is 0 Å². The van der Waals surface area contributed by atoms with Crippen LogP contribution in [0.1, 0.15) is 42.3 Å². The van der Waals surface area contributed by atoms with Crippen molar-refractivity contribution in [3.05, 3.63) is 52.8 Å². The van der Waals surface area contributed by atoms with Gasteiger partial charge in [-0.05, 0) is 32.9 Å². The second kappa shape index (κ2) is 6.02. The highest BCUT2D eigenvalue weighted by Crippen LogP contribution is 2.17. The lowest BCUT2D eigenvalue weighted by Gasteiger charge is -2.12. The van der Waals surface area contributed by atoms with Crippen LogP contribution in [0.4, 0.5) is 0 Å². The van der Waals surface area contributed by atoms with Crippen molar-refractivity contribution in [1.82, 2.24) is 15.1 Å². The van der Waals surface area contributed by atoms with E-state index in [1.54, 1.807) is 0 Å². The molecule has 1 atom stereocenters. The van der Waals surface area contributed by atoms with Crippen molar-refractivity contribution in [2.45, 2.75) is 40.3 Å². The molecule has 0 saturated carbocycles. The summed E-state index contributed by atoms with van der Waals surface area (Å²) in [5, 5.41) is 7.95. The zero-order valence-electron chi connectivity index (χ0n) is 12.3. The highest BCUT2D eigenvalue weighted by atomic mass is 15.3. The molecule has 0 saturated heterocycles. The summed E-state index contributed by atoms with van der Waals surface area (Å²) in [5.41, 5.74) is 5.12. The minimum Gasteiger partial charge on any atom is -0.310 e. The van der Waals surface area contributed by atoms with Crippen LogP contribution in [0.5, 0.6) is 0 Å². The molecular weight excluding hydrogens is 234 g/mol. The summed E-state index contributed by atoms with van der Waals surface area (Å²) in [6.07, 6.45) is 1.98. The average Bonchev–Trinajstić information content (AvgIpc) is 2.74. The molecule has 0 aliphatic carbocycles. The molecule has 0 spiro atoms. The van der Waals surface area contributed by atoms with Crippen LogP contribution in [0.25, 0.3) is 0 Å². The first-order chi connectivity index (χ1) is 9.11. The third-order valence-electron chi connectivity index (χ3n) is 3.57. The smallest absolute Gasteiger partial charge is 0.0662 e. The Hall–Kier alpha value is -1.61. The van der Waals surface area contributed by atoms with E-state index in [9.17, 15) is 0 Å². The predicted octanol–water partition coefficient (Wildman–Crippen LogP) is 3.22. The van der Waals surface area contributed by atoms with E-state index in [4.69, 9.17) is 0 Å². The van der Waals surface area contributed by atoms with Gasteiger partial charge in [-0.3, -0.25) is 4.68 Å². The van der Waals surface area contributed by atoms with Crippen LogP contribution in [0.3, 0.4) is 0 Å². The number of nitrogens with one attached hydrogen (secondary N) is 1. The number of benzene rings is 1. The lowest BCUT2D eigenvalue weighted by molar-refractivity contribution is 0.590. The molecule has 3 nitrogen and oxygen atoms in total. The van der Waals surface area contributed by atoms with Crippen molar-refractivity contribution in [2.24, 2.45) is 0 Å². The summed E-state index contributed by atoms with van der Waals surface area (Å²) >= 11 is 0. The van der Waals surface area contributed by atoms with Gasteiger partial charge in [-0.1, -0.05) is 36.8 Å². The Morgan fingerprint density at radius 2 is 1.89 bits per heavy atom. The molecule has 3 heteroatoms. The van der Waals surface area contributed by atoms with Gasteiger partial charge in [-0.2, -0.15) is 5.10 Å². The van der Waals surface area contributed by atoms with Gasteiger partial charge in [0.1, 0.15) is 0 Å². The molecule has 0 radical (unpaired) electrons. The zero-order chi connectivity index (χ0) is 13.8. The molecule has 0 aliphatic rings. The molecule has 19 heavy (non-hydrogen) atoms. The monoisotopic (exact) mass is 257 g/mol. The Balaban J connectivity index is 2.15. The number of rotatable bonds is 5. The molecule has 0 bridgehead atoms. The summed E-state index contributed by atoms with van der Waals surface area (Å²) < 4.78 is 2.08. The van der Waals surface area contributed by atoms with Crippen molar-refractivity contribution in [2.75, 3.05) is 6.54 Å². The molecule has 2 aromatic rings. The highest BCUT2D eigenvalue weighted by molar-refractivity contribution is 5.24. The first-order valence-electron chi connectivity index (χ1n) is 6.93. The maximum Gasteiger partial charge on any atom is 0.0662 e. The minimum absolute atomic E-state index is 0.358. The van der Waals surface area contributed by atoms with E-state index in [2.05, 4.69) is 67.1 Å². The van der Waals surface area contributed by atoms with E-state index < -0.39 is 0 Å². The van der Waals surface area contributed by atoms with Crippen LogP contribution in [0.15, 0.2) is 30.5 Å². The van der Waals surface area contributed by atoms with Crippen molar-refractivity contribution in [3.63, 3.8) is 0 Å². The SMILES string of the molecule is CCNC(C)c1cnn(Cc2ccc(C)cc2)c1C. The first kappa shape index (κ1) is 13.8. The minimum atomic E-state index is 0.358. The number of hydrogen-bond acceptors (Lipinski definition) is 2. The van der Waals surface area contributed by atoms with E-state index in [1.807, 2.05) is 6.20 Å². The van der Waals surface area contributed by atoms with Crippen LogP contribution >= 0.6 is 0 Å². The van der Waals surface area contributed by atoms with Crippen LogP contribution in [0.2, 0.25) is 0 Å². The normalized spacial score (nSPS) is 12.6. The molecule has 0 fully saturated rings. The Bertz CT molecular complexity index is 525. The Labute approximate surface area is 115 Å². The highest BCUT2D eigenvalue weighted by Gasteiger charge is 2.12. The molecule has 0 aliphatic heterocycles. The van der Waals surface area contributed by atoms with Gasteiger partial charge in [0.2, 0.25) is 0 Å². The van der Waals surface area contributed by atoms with Gasteiger partial charge in [0.05, 0.1) is 12.7 Å². The van der Waals surface area contributed by atoms with E-state index in [0.717, 1.165) is 13.1 Å². The van der Waals surface area contributed by atoms with Crippen molar-refractivity contribution in [3.8, 4) is 0 Å². The van der Waals surface area contributed by atoms with Gasteiger partial charge >= 0.3 is 0 Å². The van der Waals surface area contributed by atoms with Gasteiger partial charge in [0, 0.05) is 17.3 Å². The molecule has 1 N–H and O–H groups in total. The maximum atomic E-state index is 4.51. The molecule has 1 heterocycles. The topological polar surface area (TPSA) is 29.9 Å². The van der Waals surface area contributed by atoms with Gasteiger partial charge in [0.15, 0.2) is 0 Å². The Kier molecular flexibility index (Phi) is 4.38. The van der Waals surface area contributed by atoms with E-state index in [-0.39, 0.29) is 0 Å². The van der Waals surface area contributed by atoms with Crippen LogP contribution in [-0.4, -0.2) is 16.3 Å². The van der Waals surface area contributed by atoms with E-state index in [0.29, 0.717) is 6.04 Å². The number of nitrogens with zero attached hydrogens (tertiary/aromatic N) is 2. The third-order valence-corrected chi connectivity index (χ3v) is 3.57. The molecule has 0 amide bonds. The zero-order valence-corrected chi connectivity index (χ0v) is 12.3. The van der Waals surface area contributed by atoms with Gasteiger partial charge in [-0.15, -0.1) is 0 Å². The summed E-state index contributed by atoms with van der Waals surface area (Å²) in [7, 11) is 0. The molecule has 1 aromatic carbocycles. The molecule has 2 rings (SSSR count). The quantitative estimate of drug-likeness (QED) is 0.891. The van der Waals surface area contributed by atoms with E-state index >= 15 is 0 Å². The second-order valence-electron chi connectivity index (χ2n) is 5.11. The van der Waals surface area contributed by atoms with Crippen molar-refractivity contribution < 1.29 is 0 Å². The number of hydrogen-bond donors (Lipinski definition) is 1. The Morgan fingerprint density at radius 1 is 1.21 bits per heavy atom. The fourth-order valence-corrected chi connectivity index (χ4v) is 2.33. The Morgan fingerprint density at radius 3 is 2.53 bits per heavy atom. The number of aromatic nitrogens is 2. The fourth-order valence-electron chi connectivity index (χ4n) is 2.33.